The monoisotopic (exact) mass is 683 g/mol. The van der Waals surface area contributed by atoms with Crippen LogP contribution < -0.4 is 44.1 Å². The minimum atomic E-state index is -4.74. The van der Waals surface area contributed by atoms with Crippen molar-refractivity contribution in [1.82, 2.24) is 0 Å². The van der Waals surface area contributed by atoms with Gasteiger partial charge in [-0.3, -0.25) is 24.1 Å². The van der Waals surface area contributed by atoms with Crippen molar-refractivity contribution in [2.24, 2.45) is 44.4 Å². The lowest BCUT2D eigenvalue weighted by Crippen LogP contribution is -2.46. The van der Waals surface area contributed by atoms with Crippen LogP contribution in [0.15, 0.2) is 34.5 Å². The molecule has 22 nitrogen and oxygen atoms in total. The van der Waals surface area contributed by atoms with E-state index < -0.39 is 69.0 Å². The summed E-state index contributed by atoms with van der Waals surface area (Å²) in [6.45, 7) is 0.201. The molecule has 46 heavy (non-hydrogen) atoms. The summed E-state index contributed by atoms with van der Waals surface area (Å²) in [7, 11) is -4.74. The molecule has 262 valence electrons. The number of aliphatic hydroxyl groups excluding tert-OH is 2. The number of carboxylic acid groups (broad SMARTS) is 3. The number of aliphatic hydroxyl groups is 2. The number of carbonyl (C=O) groups excluding carboxylic acids is 1. The van der Waals surface area contributed by atoms with E-state index >= 15 is 0 Å². The first kappa shape index (κ1) is 42.0. The number of pyridine rings is 1. The number of aliphatic carboxylic acids is 2. The molecule has 0 spiro atoms. The molecule has 1 aliphatic rings. The minimum absolute atomic E-state index is 0.0129. The first-order valence-electron chi connectivity index (χ1n) is 13.3. The van der Waals surface area contributed by atoms with E-state index in [0.29, 0.717) is 38.8 Å². The molecular formula is C23H42N9O13P. The molecule has 1 aromatic heterocycles. The Bertz CT molecular complexity index is 1190. The van der Waals surface area contributed by atoms with E-state index in [9.17, 15) is 34.3 Å². The van der Waals surface area contributed by atoms with E-state index in [1.54, 1.807) is 0 Å². The molecule has 1 fully saturated rings. The number of rotatable bonds is 15. The second kappa shape index (κ2) is 20.9. The van der Waals surface area contributed by atoms with Gasteiger partial charge in [-0.2, -0.15) is 4.57 Å². The van der Waals surface area contributed by atoms with Gasteiger partial charge in [0.25, 0.3) is 6.23 Å². The van der Waals surface area contributed by atoms with Gasteiger partial charge in [0.05, 0.1) is 18.1 Å². The molecule has 1 aliphatic heterocycles. The summed E-state index contributed by atoms with van der Waals surface area (Å²) in [5.41, 5.74) is 30.5. The third-order valence-corrected chi connectivity index (χ3v) is 6.15. The molecule has 0 aromatic carbocycles. The van der Waals surface area contributed by atoms with Crippen molar-refractivity contribution in [3.63, 3.8) is 0 Å². The average molecular weight is 684 g/mol. The van der Waals surface area contributed by atoms with E-state index in [1.807, 2.05) is 0 Å². The highest BCUT2D eigenvalue weighted by Crippen LogP contribution is 2.37. The molecular weight excluding hydrogens is 641 g/mol. The van der Waals surface area contributed by atoms with Gasteiger partial charge in [0.2, 0.25) is 0 Å². The zero-order chi connectivity index (χ0) is 35.6. The van der Waals surface area contributed by atoms with Gasteiger partial charge in [0.15, 0.2) is 30.4 Å². The summed E-state index contributed by atoms with van der Waals surface area (Å²) in [5.74, 6) is -3.40. The lowest BCUT2D eigenvalue weighted by Gasteiger charge is -2.13. The summed E-state index contributed by atoms with van der Waals surface area (Å²) in [6.07, 6.45) is -0.773. The Balaban J connectivity index is 0.000000722. The molecule has 0 radical (unpaired) electrons. The first-order valence-corrected chi connectivity index (χ1v) is 14.8. The first-order chi connectivity index (χ1) is 21.3. The molecule has 0 bridgehead atoms. The van der Waals surface area contributed by atoms with Crippen LogP contribution in [0.1, 0.15) is 42.3 Å². The molecule has 23 heteroatoms. The lowest BCUT2D eigenvalue weighted by molar-refractivity contribution is -0.765. The lowest BCUT2D eigenvalue weighted by atomic mass is 10.1. The number of carbonyl (C=O) groups is 3. The molecule has 18 N–H and O–H groups in total. The second-order valence-corrected chi connectivity index (χ2v) is 10.7. The molecule has 0 aliphatic carbocycles. The van der Waals surface area contributed by atoms with Crippen molar-refractivity contribution >= 4 is 37.6 Å². The Morgan fingerprint density at radius 3 is 1.83 bits per heavy atom. The van der Waals surface area contributed by atoms with E-state index in [2.05, 4.69) is 14.5 Å². The number of guanidine groups is 2. The van der Waals surface area contributed by atoms with E-state index in [4.69, 9.17) is 59.1 Å². The Morgan fingerprint density at radius 2 is 1.43 bits per heavy atom. The number of nitrogens with two attached hydrogens (primary N) is 6. The predicted octanol–water partition coefficient (Wildman–Crippen LogP) is -6.03. The number of aromatic carboxylic acids is 1. The Morgan fingerprint density at radius 1 is 0.957 bits per heavy atom. The van der Waals surface area contributed by atoms with Crippen molar-refractivity contribution < 1.29 is 68.1 Å². The predicted molar refractivity (Wildman–Crippen MR) is 156 cm³/mol. The number of hydrogen-bond acceptors (Lipinski definition) is 13. The van der Waals surface area contributed by atoms with Crippen LogP contribution in [0.3, 0.4) is 0 Å². The summed E-state index contributed by atoms with van der Waals surface area (Å²) in [4.78, 5) is 55.8. The standard InChI is InChI=1S/C11H14NO9P.2C6H14N4O2/c13-8-7(5-20-22(17,18)19)21-10(9(8)14)12-3-1-2-6(4-12)11(15)16;2*7-4(5(11)12)2-1-3-10-6(8)9/h1-4,7-10,13-14H,5H2,(H2-,15,16,17,18,19);2*4H,1-3,7H2,(H,11,12)(H4,8,9,10)/t7-,8-,9-,10-;;/m1../s1. The van der Waals surface area contributed by atoms with Gasteiger partial charge in [0, 0.05) is 19.2 Å². The number of phosphoric acid groups is 1. The highest BCUT2D eigenvalue weighted by Gasteiger charge is 2.48. The summed E-state index contributed by atoms with van der Waals surface area (Å²) in [5, 5.41) is 47.3. The zero-order valence-electron chi connectivity index (χ0n) is 24.5. The van der Waals surface area contributed by atoms with Crippen molar-refractivity contribution in [1.29, 1.82) is 0 Å². The van der Waals surface area contributed by atoms with Crippen molar-refractivity contribution in [3.8, 4) is 0 Å². The fraction of sp³-hybridized carbons (Fsp3) is 0.565. The van der Waals surface area contributed by atoms with Crippen LogP contribution in [-0.4, -0.2) is 110 Å². The topological polar surface area (TPSA) is 416 Å². The SMILES string of the molecule is NC(N)=NCCCC(N)C(=O)O.NC(N)=NCCCC(N)C(=O)O.O=C([O-])c1ccc[n+]([C@@H]2O[C@H](COP(=O)(O)O)[C@@H](O)[C@H]2O)c1. The number of ether oxygens (including phenoxy) is 1. The number of carboxylic acids is 3. The normalized spacial score (nSPS) is 20.0. The van der Waals surface area contributed by atoms with Gasteiger partial charge in [0.1, 0.15) is 24.3 Å². The summed E-state index contributed by atoms with van der Waals surface area (Å²) in [6, 6.07) is 1.02. The minimum Gasteiger partial charge on any atom is -0.545 e. The molecule has 2 unspecified atom stereocenters. The van der Waals surface area contributed by atoms with Crippen LogP contribution in [0.2, 0.25) is 0 Å². The highest BCUT2D eigenvalue weighted by atomic mass is 31.2. The fourth-order valence-corrected chi connectivity index (χ4v) is 3.68. The van der Waals surface area contributed by atoms with Crippen molar-refractivity contribution in [2.75, 3.05) is 19.7 Å². The van der Waals surface area contributed by atoms with E-state index in [-0.39, 0.29) is 17.5 Å². The van der Waals surface area contributed by atoms with Gasteiger partial charge in [-0.25, -0.2) is 4.57 Å². The van der Waals surface area contributed by atoms with Crippen LogP contribution in [0.5, 0.6) is 0 Å². The summed E-state index contributed by atoms with van der Waals surface area (Å²) >= 11 is 0. The number of nitrogens with zero attached hydrogens (tertiary/aromatic N) is 3. The molecule has 6 atom stereocenters. The molecule has 0 amide bonds. The van der Waals surface area contributed by atoms with Gasteiger partial charge in [-0.1, -0.05) is 0 Å². The van der Waals surface area contributed by atoms with Crippen LogP contribution in [0.4, 0.5) is 0 Å². The quantitative estimate of drug-likeness (QED) is 0.0269. The number of hydrogen-bond donors (Lipinski definition) is 12. The Kier molecular flexibility index (Phi) is 19.1. The molecule has 0 saturated carbocycles. The summed E-state index contributed by atoms with van der Waals surface area (Å²) < 4.78 is 21.4. The maximum Gasteiger partial charge on any atom is 0.469 e. The van der Waals surface area contributed by atoms with Gasteiger partial charge in [-0.15, -0.1) is 0 Å². The Labute approximate surface area is 262 Å². The number of aromatic nitrogens is 1. The number of aliphatic imine (C=N–C) groups is 2. The van der Waals surface area contributed by atoms with Gasteiger partial charge < -0.3 is 79.3 Å². The van der Waals surface area contributed by atoms with Crippen LogP contribution in [0.25, 0.3) is 0 Å². The maximum absolute atomic E-state index is 10.8. The smallest absolute Gasteiger partial charge is 0.469 e. The van der Waals surface area contributed by atoms with Crippen molar-refractivity contribution in [3.05, 3.63) is 30.1 Å². The van der Waals surface area contributed by atoms with Crippen molar-refractivity contribution in [2.45, 2.75) is 62.3 Å². The second-order valence-electron chi connectivity index (χ2n) is 9.45. The van der Waals surface area contributed by atoms with Gasteiger partial charge >= 0.3 is 19.8 Å². The molecule has 2 heterocycles. The highest BCUT2D eigenvalue weighted by molar-refractivity contribution is 7.46. The van der Waals surface area contributed by atoms with E-state index in [1.165, 1.54) is 22.9 Å². The molecule has 2 rings (SSSR count). The third kappa shape index (κ3) is 18.1. The van der Waals surface area contributed by atoms with Crippen LogP contribution in [0, 0.1) is 0 Å². The fourth-order valence-electron chi connectivity index (χ4n) is 3.34. The molecule has 1 aromatic rings. The number of phosphoric ester groups is 1. The van der Waals surface area contributed by atoms with Crippen LogP contribution in [-0.2, 0) is 23.4 Å². The molecule has 1 saturated heterocycles. The Hall–Kier alpha value is -3.99. The maximum atomic E-state index is 10.8. The van der Waals surface area contributed by atoms with E-state index in [0.717, 1.165) is 6.20 Å². The largest absolute Gasteiger partial charge is 0.545 e. The zero-order valence-corrected chi connectivity index (χ0v) is 25.4. The van der Waals surface area contributed by atoms with Crippen LogP contribution >= 0.6 is 7.82 Å². The van der Waals surface area contributed by atoms with Gasteiger partial charge in [-0.05, 0) is 31.7 Å². The third-order valence-electron chi connectivity index (χ3n) is 5.67. The average Bonchev–Trinajstić information content (AvgIpc) is 3.25.